The molecule has 106 valence electrons. The summed E-state index contributed by atoms with van der Waals surface area (Å²) in [6, 6.07) is 9.12. The summed E-state index contributed by atoms with van der Waals surface area (Å²) in [6.07, 6.45) is 1.21. The van der Waals surface area contributed by atoms with Crippen LogP contribution in [0.4, 0.5) is 5.69 Å². The quantitative estimate of drug-likeness (QED) is 0.830. The molecule has 1 N–H and O–H groups in total. The Bertz CT molecular complexity index is 412. The minimum Gasteiger partial charge on any atom is -0.370 e. The highest BCUT2D eigenvalue weighted by molar-refractivity contribution is 5.49. The average molecular weight is 260 g/mol. The summed E-state index contributed by atoms with van der Waals surface area (Å²) >= 11 is 0. The highest BCUT2D eigenvalue weighted by Gasteiger charge is 2.24. The molecule has 1 aliphatic heterocycles. The molecular formula is C17H28N2. The van der Waals surface area contributed by atoms with Crippen LogP contribution in [0, 0.1) is 0 Å². The largest absolute Gasteiger partial charge is 0.370 e. The number of anilines is 1. The number of hydrogen-bond donors (Lipinski definition) is 1. The van der Waals surface area contributed by atoms with Gasteiger partial charge in [0.2, 0.25) is 0 Å². The normalized spacial score (nSPS) is 20.2. The first kappa shape index (κ1) is 14.4. The van der Waals surface area contributed by atoms with Gasteiger partial charge in [-0.3, -0.25) is 0 Å². The van der Waals surface area contributed by atoms with E-state index in [-0.39, 0.29) is 11.0 Å². The van der Waals surface area contributed by atoms with Crippen molar-refractivity contribution in [2.24, 2.45) is 0 Å². The van der Waals surface area contributed by atoms with Gasteiger partial charge < -0.3 is 10.2 Å². The van der Waals surface area contributed by atoms with E-state index in [1.807, 2.05) is 0 Å². The van der Waals surface area contributed by atoms with Crippen molar-refractivity contribution < 1.29 is 0 Å². The zero-order valence-corrected chi connectivity index (χ0v) is 13.1. The number of hydrogen-bond acceptors (Lipinski definition) is 2. The van der Waals surface area contributed by atoms with Crippen LogP contribution in [0.1, 0.15) is 46.6 Å². The first-order valence-corrected chi connectivity index (χ1v) is 7.38. The molecule has 1 aromatic rings. The first-order chi connectivity index (χ1) is 8.78. The maximum atomic E-state index is 3.61. The average Bonchev–Trinajstić information content (AvgIpc) is 2.49. The van der Waals surface area contributed by atoms with Crippen LogP contribution in [0.3, 0.4) is 0 Å². The summed E-state index contributed by atoms with van der Waals surface area (Å²) < 4.78 is 0. The van der Waals surface area contributed by atoms with Gasteiger partial charge in [-0.25, -0.2) is 0 Å². The SMILES string of the molecule is CC1(C)CN(c2ccc(C(C)(C)C)cc2)CCCN1. The molecule has 0 saturated carbocycles. The lowest BCUT2D eigenvalue weighted by Crippen LogP contribution is -2.46. The molecule has 0 aliphatic carbocycles. The minimum absolute atomic E-state index is 0.194. The van der Waals surface area contributed by atoms with Crippen LogP contribution in [-0.2, 0) is 5.41 Å². The molecule has 2 heteroatoms. The standard InChI is InChI=1S/C17H28N2/c1-16(2,3)14-7-9-15(10-8-14)19-12-6-11-18-17(4,5)13-19/h7-10,18H,6,11-13H2,1-5H3. The second-order valence-electron chi connectivity index (χ2n) is 7.38. The van der Waals surface area contributed by atoms with Gasteiger partial charge in [0.05, 0.1) is 0 Å². The smallest absolute Gasteiger partial charge is 0.0367 e. The molecule has 2 rings (SSSR count). The summed E-state index contributed by atoms with van der Waals surface area (Å²) in [4.78, 5) is 2.51. The van der Waals surface area contributed by atoms with E-state index >= 15 is 0 Å². The molecule has 19 heavy (non-hydrogen) atoms. The predicted octanol–water partition coefficient (Wildman–Crippen LogP) is 3.56. The number of benzene rings is 1. The Hall–Kier alpha value is -1.02. The van der Waals surface area contributed by atoms with Gasteiger partial charge in [0, 0.05) is 24.3 Å². The lowest BCUT2D eigenvalue weighted by atomic mass is 9.87. The fraction of sp³-hybridized carbons (Fsp3) is 0.647. The van der Waals surface area contributed by atoms with Gasteiger partial charge in [-0.2, -0.15) is 0 Å². The Morgan fingerprint density at radius 3 is 2.32 bits per heavy atom. The highest BCUT2D eigenvalue weighted by Crippen LogP contribution is 2.26. The first-order valence-electron chi connectivity index (χ1n) is 7.38. The summed E-state index contributed by atoms with van der Waals surface area (Å²) in [5.74, 6) is 0. The summed E-state index contributed by atoms with van der Waals surface area (Å²) in [7, 11) is 0. The van der Waals surface area contributed by atoms with Crippen LogP contribution >= 0.6 is 0 Å². The monoisotopic (exact) mass is 260 g/mol. The van der Waals surface area contributed by atoms with Gasteiger partial charge >= 0.3 is 0 Å². The van der Waals surface area contributed by atoms with E-state index < -0.39 is 0 Å². The van der Waals surface area contributed by atoms with Gasteiger partial charge in [0.15, 0.2) is 0 Å². The third-order valence-corrected chi connectivity index (χ3v) is 3.89. The van der Waals surface area contributed by atoms with Crippen LogP contribution in [0.25, 0.3) is 0 Å². The van der Waals surface area contributed by atoms with E-state index in [1.54, 1.807) is 0 Å². The second kappa shape index (κ2) is 5.16. The molecule has 1 fully saturated rings. The topological polar surface area (TPSA) is 15.3 Å². The Kier molecular flexibility index (Phi) is 3.91. The summed E-state index contributed by atoms with van der Waals surface area (Å²) in [6.45, 7) is 14.7. The van der Waals surface area contributed by atoms with Crippen molar-refractivity contribution in [1.29, 1.82) is 0 Å². The Balaban J connectivity index is 2.17. The lowest BCUT2D eigenvalue weighted by Gasteiger charge is -2.32. The third kappa shape index (κ3) is 3.73. The lowest BCUT2D eigenvalue weighted by molar-refractivity contribution is 0.416. The molecular weight excluding hydrogens is 232 g/mol. The van der Waals surface area contributed by atoms with Gasteiger partial charge in [0.1, 0.15) is 0 Å². The zero-order valence-electron chi connectivity index (χ0n) is 13.1. The summed E-state index contributed by atoms with van der Waals surface area (Å²) in [5, 5.41) is 3.61. The highest BCUT2D eigenvalue weighted by atomic mass is 15.2. The zero-order chi connectivity index (χ0) is 14.1. The van der Waals surface area contributed by atoms with Crippen molar-refractivity contribution in [3.63, 3.8) is 0 Å². The molecule has 0 aromatic heterocycles. The molecule has 1 heterocycles. The second-order valence-corrected chi connectivity index (χ2v) is 7.38. The van der Waals surface area contributed by atoms with Crippen molar-refractivity contribution in [1.82, 2.24) is 5.32 Å². The molecule has 0 atom stereocenters. The van der Waals surface area contributed by atoms with E-state index in [0.717, 1.165) is 19.6 Å². The third-order valence-electron chi connectivity index (χ3n) is 3.89. The van der Waals surface area contributed by atoms with E-state index in [1.165, 1.54) is 17.7 Å². The van der Waals surface area contributed by atoms with E-state index in [9.17, 15) is 0 Å². The molecule has 0 spiro atoms. The van der Waals surface area contributed by atoms with Crippen molar-refractivity contribution in [3.8, 4) is 0 Å². The van der Waals surface area contributed by atoms with Crippen LogP contribution in [-0.4, -0.2) is 25.2 Å². The van der Waals surface area contributed by atoms with Gasteiger partial charge in [-0.05, 0) is 49.9 Å². The van der Waals surface area contributed by atoms with Crippen LogP contribution in [0.15, 0.2) is 24.3 Å². The molecule has 1 aromatic carbocycles. The van der Waals surface area contributed by atoms with Crippen LogP contribution < -0.4 is 10.2 Å². The minimum atomic E-state index is 0.194. The molecule has 0 unspecified atom stereocenters. The molecule has 0 radical (unpaired) electrons. The van der Waals surface area contributed by atoms with Gasteiger partial charge in [0.25, 0.3) is 0 Å². The van der Waals surface area contributed by atoms with E-state index in [0.29, 0.717) is 0 Å². The fourth-order valence-corrected chi connectivity index (χ4v) is 2.70. The van der Waals surface area contributed by atoms with Crippen molar-refractivity contribution >= 4 is 5.69 Å². The molecule has 2 nitrogen and oxygen atoms in total. The molecule has 1 saturated heterocycles. The van der Waals surface area contributed by atoms with E-state index in [4.69, 9.17) is 0 Å². The summed E-state index contributed by atoms with van der Waals surface area (Å²) in [5.41, 5.74) is 3.19. The van der Waals surface area contributed by atoms with Crippen molar-refractivity contribution in [3.05, 3.63) is 29.8 Å². The Morgan fingerprint density at radius 1 is 1.11 bits per heavy atom. The predicted molar refractivity (Wildman–Crippen MR) is 84.1 cm³/mol. The maximum absolute atomic E-state index is 3.61. The van der Waals surface area contributed by atoms with Gasteiger partial charge in [-0.1, -0.05) is 32.9 Å². The van der Waals surface area contributed by atoms with Crippen molar-refractivity contribution in [2.75, 3.05) is 24.5 Å². The van der Waals surface area contributed by atoms with E-state index in [2.05, 4.69) is 69.1 Å². The fourth-order valence-electron chi connectivity index (χ4n) is 2.70. The van der Waals surface area contributed by atoms with Crippen LogP contribution in [0.5, 0.6) is 0 Å². The molecule has 0 amide bonds. The molecule has 0 bridgehead atoms. The van der Waals surface area contributed by atoms with Crippen LogP contribution in [0.2, 0.25) is 0 Å². The Morgan fingerprint density at radius 2 is 1.74 bits per heavy atom. The Labute approximate surface area is 118 Å². The molecule has 1 aliphatic rings. The number of rotatable bonds is 1. The number of nitrogens with zero attached hydrogens (tertiary/aromatic N) is 1. The number of nitrogens with one attached hydrogen (secondary N) is 1. The maximum Gasteiger partial charge on any atom is 0.0367 e. The van der Waals surface area contributed by atoms with Crippen molar-refractivity contribution in [2.45, 2.75) is 52.0 Å². The van der Waals surface area contributed by atoms with Gasteiger partial charge in [-0.15, -0.1) is 0 Å².